The third-order valence-electron chi connectivity index (χ3n) is 2.94. The lowest BCUT2D eigenvalue weighted by molar-refractivity contribution is -0.121. The molecule has 1 aromatic heterocycles. The Morgan fingerprint density at radius 1 is 1.37 bits per heavy atom. The van der Waals surface area contributed by atoms with E-state index < -0.39 is 0 Å². The minimum atomic E-state index is 0.0873. The van der Waals surface area contributed by atoms with E-state index in [0.29, 0.717) is 12.5 Å². The predicted molar refractivity (Wildman–Crippen MR) is 78.9 cm³/mol. The second kappa shape index (κ2) is 8.75. The topological polar surface area (TPSA) is 46.1 Å². The van der Waals surface area contributed by atoms with Crippen molar-refractivity contribution in [3.63, 3.8) is 0 Å². The van der Waals surface area contributed by atoms with Crippen LogP contribution in [-0.4, -0.2) is 23.6 Å². The largest absolute Gasteiger partial charge is 0.355 e. The van der Waals surface area contributed by atoms with E-state index in [1.165, 1.54) is 5.56 Å². The zero-order chi connectivity index (χ0) is 14.1. The van der Waals surface area contributed by atoms with E-state index in [0.717, 1.165) is 32.5 Å². The van der Waals surface area contributed by atoms with Gasteiger partial charge in [-0.3, -0.25) is 4.79 Å². The van der Waals surface area contributed by atoms with Crippen molar-refractivity contribution in [3.05, 3.63) is 24.0 Å². The molecule has 0 aliphatic heterocycles. The first-order valence-corrected chi connectivity index (χ1v) is 7.24. The van der Waals surface area contributed by atoms with Gasteiger partial charge in [0.1, 0.15) is 6.54 Å². The Kier molecular flexibility index (Phi) is 7.26. The fourth-order valence-corrected chi connectivity index (χ4v) is 1.82. The molecule has 0 aromatic carbocycles. The van der Waals surface area contributed by atoms with Crippen molar-refractivity contribution in [2.24, 2.45) is 5.92 Å². The van der Waals surface area contributed by atoms with Gasteiger partial charge in [0.2, 0.25) is 5.91 Å². The number of aromatic nitrogens is 1. The molecule has 4 nitrogen and oxygen atoms in total. The number of hydrogen-bond donors (Lipinski definition) is 2. The van der Waals surface area contributed by atoms with Gasteiger partial charge in [-0.05, 0) is 36.9 Å². The molecule has 0 spiro atoms. The molecule has 0 bridgehead atoms. The molecule has 0 saturated heterocycles. The van der Waals surface area contributed by atoms with Crippen molar-refractivity contribution in [2.45, 2.75) is 46.7 Å². The van der Waals surface area contributed by atoms with Crippen LogP contribution in [0.15, 0.2) is 18.5 Å². The summed E-state index contributed by atoms with van der Waals surface area (Å²) in [5.74, 6) is 0.715. The minimum Gasteiger partial charge on any atom is -0.355 e. The van der Waals surface area contributed by atoms with Crippen molar-refractivity contribution in [3.8, 4) is 0 Å². The van der Waals surface area contributed by atoms with Gasteiger partial charge < -0.3 is 15.2 Å². The molecule has 0 saturated carbocycles. The molecule has 0 fully saturated rings. The maximum atomic E-state index is 11.7. The summed E-state index contributed by atoms with van der Waals surface area (Å²) >= 11 is 0. The summed E-state index contributed by atoms with van der Waals surface area (Å²) in [5.41, 5.74) is 1.23. The lowest BCUT2D eigenvalue weighted by Crippen LogP contribution is -2.28. The van der Waals surface area contributed by atoms with Gasteiger partial charge >= 0.3 is 0 Å². The van der Waals surface area contributed by atoms with Crippen molar-refractivity contribution in [1.29, 1.82) is 0 Å². The van der Waals surface area contributed by atoms with E-state index in [4.69, 9.17) is 0 Å². The Morgan fingerprint density at radius 3 is 2.84 bits per heavy atom. The molecule has 0 atom stereocenters. The summed E-state index contributed by atoms with van der Waals surface area (Å²) < 4.78 is 1.94. The number of carbonyl (C=O) groups excluding carboxylic acids is 1. The second-order valence-electron chi connectivity index (χ2n) is 5.40. The highest BCUT2D eigenvalue weighted by Crippen LogP contribution is 2.01. The van der Waals surface area contributed by atoms with Crippen LogP contribution in [0.3, 0.4) is 0 Å². The van der Waals surface area contributed by atoms with Gasteiger partial charge in [-0.25, -0.2) is 0 Å². The minimum absolute atomic E-state index is 0.0873. The van der Waals surface area contributed by atoms with Gasteiger partial charge in [0, 0.05) is 25.5 Å². The average molecular weight is 265 g/mol. The molecule has 1 aromatic rings. The molecular formula is C15H27N3O. The highest BCUT2D eigenvalue weighted by molar-refractivity contribution is 5.75. The Balaban J connectivity index is 2.26. The van der Waals surface area contributed by atoms with Crippen LogP contribution in [0.4, 0.5) is 0 Å². The second-order valence-corrected chi connectivity index (χ2v) is 5.40. The van der Waals surface area contributed by atoms with Gasteiger partial charge in [0.05, 0.1) is 0 Å². The van der Waals surface area contributed by atoms with Crippen LogP contribution in [0.5, 0.6) is 0 Å². The van der Waals surface area contributed by atoms with Crippen LogP contribution in [0.2, 0.25) is 0 Å². The molecular weight excluding hydrogens is 238 g/mol. The summed E-state index contributed by atoms with van der Waals surface area (Å²) in [6.07, 6.45) is 6.16. The van der Waals surface area contributed by atoms with Gasteiger partial charge in [-0.1, -0.05) is 20.8 Å². The molecule has 4 heteroatoms. The van der Waals surface area contributed by atoms with E-state index in [2.05, 4.69) is 37.5 Å². The fourth-order valence-electron chi connectivity index (χ4n) is 1.82. The number of nitrogens with one attached hydrogen (secondary N) is 2. The summed E-state index contributed by atoms with van der Waals surface area (Å²) in [6.45, 7) is 9.55. The quantitative estimate of drug-likeness (QED) is 0.672. The van der Waals surface area contributed by atoms with Gasteiger partial charge in [-0.15, -0.1) is 0 Å². The SMILES string of the molecule is CCCNCc1ccn(CC(=O)NCCC(C)C)c1. The van der Waals surface area contributed by atoms with Crippen LogP contribution in [0, 0.1) is 5.92 Å². The van der Waals surface area contributed by atoms with Crippen LogP contribution < -0.4 is 10.6 Å². The maximum Gasteiger partial charge on any atom is 0.239 e. The summed E-state index contributed by atoms with van der Waals surface area (Å²) in [6, 6.07) is 2.06. The summed E-state index contributed by atoms with van der Waals surface area (Å²) in [7, 11) is 0. The summed E-state index contributed by atoms with van der Waals surface area (Å²) in [4.78, 5) is 11.7. The Bertz CT molecular complexity index is 371. The number of nitrogens with zero attached hydrogens (tertiary/aromatic N) is 1. The van der Waals surface area contributed by atoms with Crippen molar-refractivity contribution in [2.75, 3.05) is 13.1 Å². The van der Waals surface area contributed by atoms with Crippen molar-refractivity contribution < 1.29 is 4.79 Å². The third-order valence-corrected chi connectivity index (χ3v) is 2.94. The van der Waals surface area contributed by atoms with Crippen molar-refractivity contribution in [1.82, 2.24) is 15.2 Å². The lowest BCUT2D eigenvalue weighted by atomic mass is 10.1. The Morgan fingerprint density at radius 2 is 2.16 bits per heavy atom. The van der Waals surface area contributed by atoms with E-state index in [1.807, 2.05) is 17.0 Å². The predicted octanol–water partition coefficient (Wildman–Crippen LogP) is 2.15. The van der Waals surface area contributed by atoms with Crippen molar-refractivity contribution >= 4 is 5.91 Å². The highest BCUT2D eigenvalue weighted by Gasteiger charge is 2.03. The third kappa shape index (κ3) is 7.01. The molecule has 1 heterocycles. The molecule has 0 aliphatic carbocycles. The summed E-state index contributed by atoms with van der Waals surface area (Å²) in [5, 5.41) is 6.30. The molecule has 1 rings (SSSR count). The van der Waals surface area contributed by atoms with E-state index in [9.17, 15) is 4.79 Å². The Hall–Kier alpha value is -1.29. The average Bonchev–Trinajstić information content (AvgIpc) is 2.76. The first-order valence-electron chi connectivity index (χ1n) is 7.24. The molecule has 0 unspecified atom stereocenters. The van der Waals surface area contributed by atoms with E-state index in [-0.39, 0.29) is 5.91 Å². The smallest absolute Gasteiger partial charge is 0.239 e. The normalized spacial score (nSPS) is 10.9. The van der Waals surface area contributed by atoms with E-state index in [1.54, 1.807) is 0 Å². The monoisotopic (exact) mass is 265 g/mol. The van der Waals surface area contributed by atoms with Gasteiger partial charge in [0.15, 0.2) is 0 Å². The van der Waals surface area contributed by atoms with Crippen LogP contribution >= 0.6 is 0 Å². The fraction of sp³-hybridized carbons (Fsp3) is 0.667. The van der Waals surface area contributed by atoms with Crippen LogP contribution in [-0.2, 0) is 17.9 Å². The standard InChI is InChI=1S/C15H27N3O/c1-4-7-16-10-14-6-9-18(11-14)12-15(19)17-8-5-13(2)3/h6,9,11,13,16H,4-5,7-8,10,12H2,1-3H3,(H,17,19). The van der Waals surface area contributed by atoms with Crippen LogP contribution in [0.25, 0.3) is 0 Å². The number of rotatable bonds is 9. The van der Waals surface area contributed by atoms with Crippen LogP contribution in [0.1, 0.15) is 39.2 Å². The first-order chi connectivity index (χ1) is 9.11. The molecule has 0 aliphatic rings. The van der Waals surface area contributed by atoms with E-state index >= 15 is 0 Å². The lowest BCUT2D eigenvalue weighted by Gasteiger charge is -2.07. The first kappa shape index (κ1) is 15.8. The maximum absolute atomic E-state index is 11.7. The van der Waals surface area contributed by atoms with Gasteiger partial charge in [0.25, 0.3) is 0 Å². The zero-order valence-electron chi connectivity index (χ0n) is 12.4. The van der Waals surface area contributed by atoms with Gasteiger partial charge in [-0.2, -0.15) is 0 Å². The number of hydrogen-bond acceptors (Lipinski definition) is 2. The number of carbonyl (C=O) groups is 1. The molecule has 19 heavy (non-hydrogen) atoms. The Labute approximate surface area is 116 Å². The molecule has 2 N–H and O–H groups in total. The molecule has 1 amide bonds. The molecule has 0 radical (unpaired) electrons. The number of amides is 1. The highest BCUT2D eigenvalue weighted by atomic mass is 16.1. The molecule has 108 valence electrons. The zero-order valence-corrected chi connectivity index (χ0v) is 12.4.